The van der Waals surface area contributed by atoms with Gasteiger partial charge in [0.25, 0.3) is 5.92 Å². The molecule has 0 N–H and O–H groups in total. The molecule has 0 atom stereocenters. The number of fused-ring (bicyclic) bond motifs is 1. The lowest BCUT2D eigenvalue weighted by Gasteiger charge is -2.20. The van der Waals surface area contributed by atoms with Crippen LogP contribution in [-0.2, 0) is 24.8 Å². The summed E-state index contributed by atoms with van der Waals surface area (Å²) in [5.74, 6) is -6.13. The molecule has 5 nitrogen and oxygen atoms in total. The Hall–Kier alpha value is -4.56. The van der Waals surface area contributed by atoms with E-state index < -0.39 is 57.9 Å². The topological polar surface area (TPSA) is 56.5 Å². The van der Waals surface area contributed by atoms with Crippen molar-refractivity contribution in [1.82, 2.24) is 24.7 Å². The van der Waals surface area contributed by atoms with Gasteiger partial charge in [0.15, 0.2) is 17.5 Å². The molecular weight excluding hydrogens is 584 g/mol. The van der Waals surface area contributed by atoms with Crippen molar-refractivity contribution < 1.29 is 43.9 Å². The number of rotatable bonds is 5. The standard InChI is InChI=1S/C27H15F10N5/c1-25(30,31)18-7-13(9-38-23(18)15-6-5-14(26(32,33)34)8-17(15)27(35,36)37)11-42-12-21-20(10-39-42)40-24(41-21)16-3-2-4-19(28)22(16)29/h2-10,12H,11H2,1H3. The average molecular weight is 599 g/mol. The van der Waals surface area contributed by atoms with Crippen LogP contribution in [0.2, 0.25) is 0 Å². The molecule has 2 aliphatic rings. The van der Waals surface area contributed by atoms with E-state index in [-0.39, 0.29) is 41.0 Å². The molecule has 0 unspecified atom stereocenters. The summed E-state index contributed by atoms with van der Waals surface area (Å²) in [6, 6.07) is 5.01. The van der Waals surface area contributed by atoms with Gasteiger partial charge in [-0.05, 0) is 35.9 Å². The van der Waals surface area contributed by atoms with Crippen molar-refractivity contribution in [2.45, 2.75) is 31.7 Å². The second-order valence-electron chi connectivity index (χ2n) is 9.27. The largest absolute Gasteiger partial charge is 0.417 e. The second kappa shape index (κ2) is 10.1. The Labute approximate surface area is 229 Å². The molecule has 0 fully saturated rings. The molecule has 5 rings (SSSR count). The molecule has 42 heavy (non-hydrogen) atoms. The highest BCUT2D eigenvalue weighted by atomic mass is 19.4. The maximum Gasteiger partial charge on any atom is 0.417 e. The highest BCUT2D eigenvalue weighted by molar-refractivity contribution is 5.70. The second-order valence-corrected chi connectivity index (χ2v) is 9.27. The lowest BCUT2D eigenvalue weighted by molar-refractivity contribution is -0.142. The predicted octanol–water partition coefficient (Wildman–Crippen LogP) is 7.98. The summed E-state index contributed by atoms with van der Waals surface area (Å²) >= 11 is 0. The number of aromatic nitrogens is 5. The molecule has 0 saturated heterocycles. The van der Waals surface area contributed by atoms with Gasteiger partial charge in [0.2, 0.25) is 0 Å². The summed E-state index contributed by atoms with van der Waals surface area (Å²) in [6.45, 7) is 0.181. The first kappa shape index (κ1) is 29.0. The maximum absolute atomic E-state index is 14.7. The average Bonchev–Trinajstić information content (AvgIpc) is 3.31. The quantitative estimate of drug-likeness (QED) is 0.192. The van der Waals surface area contributed by atoms with Crippen LogP contribution in [0.3, 0.4) is 0 Å². The Bertz CT molecular complexity index is 1750. The van der Waals surface area contributed by atoms with Crippen molar-refractivity contribution in [2.75, 3.05) is 0 Å². The molecule has 0 radical (unpaired) electrons. The van der Waals surface area contributed by atoms with E-state index in [1.165, 1.54) is 29.2 Å². The number of halogens is 10. The lowest BCUT2D eigenvalue weighted by Crippen LogP contribution is -2.16. The third-order valence-corrected chi connectivity index (χ3v) is 6.18. The summed E-state index contributed by atoms with van der Waals surface area (Å²) in [4.78, 5) is 12.1. The van der Waals surface area contributed by atoms with Crippen LogP contribution in [0.25, 0.3) is 34.0 Å². The van der Waals surface area contributed by atoms with E-state index >= 15 is 0 Å². The maximum atomic E-state index is 14.7. The SMILES string of the molecule is CC(F)(F)c1cc(Cn2cc3nc(-c4cccc(F)c4F)nc-3cn2)cnc1-c1ccc(C(F)(F)F)cc1C(F)(F)F. The minimum absolute atomic E-state index is 0.0588. The zero-order valence-electron chi connectivity index (χ0n) is 21.0. The molecule has 218 valence electrons. The smallest absolute Gasteiger partial charge is 0.266 e. The van der Waals surface area contributed by atoms with Crippen molar-refractivity contribution >= 4 is 0 Å². The number of hydrogen-bond donors (Lipinski definition) is 0. The normalized spacial score (nSPS) is 12.7. The molecular formula is C27H15F10N5. The molecule has 2 aromatic carbocycles. The third-order valence-electron chi connectivity index (χ3n) is 6.18. The van der Waals surface area contributed by atoms with E-state index in [4.69, 9.17) is 0 Å². The van der Waals surface area contributed by atoms with Gasteiger partial charge in [0.1, 0.15) is 11.4 Å². The molecule has 0 bridgehead atoms. The van der Waals surface area contributed by atoms with Crippen LogP contribution in [0.5, 0.6) is 0 Å². The third kappa shape index (κ3) is 5.63. The summed E-state index contributed by atoms with van der Waals surface area (Å²) in [6.07, 6.45) is -6.85. The van der Waals surface area contributed by atoms with Crippen molar-refractivity contribution in [1.29, 1.82) is 0 Å². The fourth-order valence-electron chi connectivity index (χ4n) is 4.24. The van der Waals surface area contributed by atoms with E-state index in [0.29, 0.717) is 19.1 Å². The zero-order chi connectivity index (χ0) is 30.6. The van der Waals surface area contributed by atoms with Gasteiger partial charge in [0, 0.05) is 24.2 Å². The van der Waals surface area contributed by atoms with Gasteiger partial charge >= 0.3 is 12.4 Å². The van der Waals surface area contributed by atoms with Gasteiger partial charge in [-0.1, -0.05) is 12.1 Å². The number of imidazole rings is 1. The van der Waals surface area contributed by atoms with Crippen LogP contribution in [0.4, 0.5) is 43.9 Å². The number of hydrogen-bond acceptors (Lipinski definition) is 4. The molecule has 2 aliphatic heterocycles. The molecule has 0 spiro atoms. The van der Waals surface area contributed by atoms with Gasteiger partial charge in [-0.2, -0.15) is 31.4 Å². The first-order chi connectivity index (χ1) is 19.5. The van der Waals surface area contributed by atoms with Gasteiger partial charge in [-0.25, -0.2) is 27.5 Å². The van der Waals surface area contributed by atoms with E-state index in [9.17, 15) is 43.9 Å². The van der Waals surface area contributed by atoms with Gasteiger partial charge in [-0.15, -0.1) is 0 Å². The number of pyridine rings is 1. The molecule has 3 aromatic rings. The highest BCUT2D eigenvalue weighted by Crippen LogP contribution is 2.43. The highest BCUT2D eigenvalue weighted by Gasteiger charge is 2.40. The Kier molecular flexibility index (Phi) is 6.94. The molecule has 1 aromatic heterocycles. The number of nitrogens with zero attached hydrogens (tertiary/aromatic N) is 5. The fourth-order valence-corrected chi connectivity index (χ4v) is 4.24. The first-order valence-corrected chi connectivity index (χ1v) is 11.8. The lowest BCUT2D eigenvalue weighted by atomic mass is 9.94. The van der Waals surface area contributed by atoms with Crippen LogP contribution < -0.4 is 0 Å². The monoisotopic (exact) mass is 599 g/mol. The Morgan fingerprint density at radius 2 is 1.48 bits per heavy atom. The Morgan fingerprint density at radius 1 is 0.762 bits per heavy atom. The van der Waals surface area contributed by atoms with Crippen LogP contribution in [-0.4, -0.2) is 24.7 Å². The van der Waals surface area contributed by atoms with Crippen LogP contribution in [0.1, 0.15) is 29.2 Å². The van der Waals surface area contributed by atoms with Gasteiger partial charge < -0.3 is 0 Å². The fraction of sp³-hybridized carbons (Fsp3) is 0.185. The summed E-state index contributed by atoms with van der Waals surface area (Å²) in [7, 11) is 0. The zero-order valence-corrected chi connectivity index (χ0v) is 21.0. The van der Waals surface area contributed by atoms with Gasteiger partial charge in [0.05, 0.1) is 41.3 Å². The van der Waals surface area contributed by atoms with Gasteiger partial charge in [-0.3, -0.25) is 9.67 Å². The van der Waals surface area contributed by atoms with E-state index in [1.54, 1.807) is 0 Å². The van der Waals surface area contributed by atoms with Crippen molar-refractivity contribution in [3.8, 4) is 34.0 Å². The summed E-state index contributed by atoms with van der Waals surface area (Å²) in [5.41, 5.74) is -5.86. The van der Waals surface area contributed by atoms with Crippen LogP contribution in [0.15, 0.2) is 61.1 Å². The van der Waals surface area contributed by atoms with Crippen molar-refractivity contribution in [2.24, 2.45) is 0 Å². The van der Waals surface area contributed by atoms with Crippen molar-refractivity contribution in [3.63, 3.8) is 0 Å². The molecule has 15 heteroatoms. The van der Waals surface area contributed by atoms with E-state index in [2.05, 4.69) is 20.1 Å². The van der Waals surface area contributed by atoms with E-state index in [1.807, 2.05) is 0 Å². The predicted molar refractivity (Wildman–Crippen MR) is 128 cm³/mol. The Morgan fingerprint density at radius 3 is 2.14 bits per heavy atom. The van der Waals surface area contributed by atoms with Crippen LogP contribution >= 0.6 is 0 Å². The molecule has 0 amide bonds. The van der Waals surface area contributed by atoms with Crippen LogP contribution in [0, 0.1) is 11.6 Å². The minimum atomic E-state index is -5.31. The Balaban J connectivity index is 1.53. The number of benzene rings is 2. The molecule has 0 saturated carbocycles. The molecule has 3 heterocycles. The minimum Gasteiger partial charge on any atom is -0.266 e. The summed E-state index contributed by atoms with van der Waals surface area (Å²) < 4.78 is 139. The molecule has 0 aliphatic carbocycles. The first-order valence-electron chi connectivity index (χ1n) is 11.8. The van der Waals surface area contributed by atoms with Crippen molar-refractivity contribution in [3.05, 3.63) is 94.9 Å². The number of alkyl halides is 8. The summed E-state index contributed by atoms with van der Waals surface area (Å²) in [5, 5.41) is 4.08. The van der Waals surface area contributed by atoms with E-state index in [0.717, 1.165) is 18.3 Å².